The molecular formula is C11H11BrClNO3. The Labute approximate surface area is 112 Å². The molecule has 0 heterocycles. The fraction of sp³-hybridized carbons (Fsp3) is 0.273. The summed E-state index contributed by atoms with van der Waals surface area (Å²) in [5.74, 6) is -1.64. The van der Waals surface area contributed by atoms with Gasteiger partial charge in [-0.3, -0.25) is 4.79 Å². The summed E-state index contributed by atoms with van der Waals surface area (Å²) in [6.07, 6.45) is 0. The van der Waals surface area contributed by atoms with Crippen molar-refractivity contribution in [1.82, 2.24) is 5.32 Å². The van der Waals surface area contributed by atoms with Crippen molar-refractivity contribution < 1.29 is 14.7 Å². The highest BCUT2D eigenvalue weighted by Gasteiger charge is 2.30. The summed E-state index contributed by atoms with van der Waals surface area (Å²) >= 11 is 9.14. The van der Waals surface area contributed by atoms with E-state index in [0.717, 1.165) is 0 Å². The predicted molar refractivity (Wildman–Crippen MR) is 68.3 cm³/mol. The summed E-state index contributed by atoms with van der Waals surface area (Å²) in [7, 11) is 0. The van der Waals surface area contributed by atoms with Crippen molar-refractivity contribution in [3.8, 4) is 0 Å². The number of aliphatic carboxylic acids is 1. The van der Waals surface area contributed by atoms with Gasteiger partial charge in [0, 0.05) is 4.47 Å². The molecule has 0 saturated carbocycles. The van der Waals surface area contributed by atoms with Crippen LogP contribution in [0.1, 0.15) is 24.2 Å². The molecule has 0 fully saturated rings. The van der Waals surface area contributed by atoms with E-state index in [4.69, 9.17) is 16.7 Å². The highest BCUT2D eigenvalue weighted by Crippen LogP contribution is 2.26. The van der Waals surface area contributed by atoms with Gasteiger partial charge in [-0.05, 0) is 41.9 Å². The molecular weight excluding hydrogens is 309 g/mol. The van der Waals surface area contributed by atoms with Crippen molar-refractivity contribution in [2.45, 2.75) is 19.4 Å². The molecule has 0 atom stereocenters. The number of carboxylic acids is 1. The van der Waals surface area contributed by atoms with Gasteiger partial charge in [0.2, 0.25) is 0 Å². The number of rotatable bonds is 3. The molecule has 0 saturated heterocycles. The van der Waals surface area contributed by atoms with Crippen molar-refractivity contribution >= 4 is 39.4 Å². The monoisotopic (exact) mass is 319 g/mol. The van der Waals surface area contributed by atoms with E-state index in [1.165, 1.54) is 19.9 Å². The van der Waals surface area contributed by atoms with Crippen molar-refractivity contribution in [3.05, 3.63) is 33.3 Å². The van der Waals surface area contributed by atoms with E-state index in [1.807, 2.05) is 0 Å². The molecule has 1 amide bonds. The van der Waals surface area contributed by atoms with Gasteiger partial charge in [-0.2, -0.15) is 0 Å². The maximum absolute atomic E-state index is 11.9. The van der Waals surface area contributed by atoms with Crippen molar-refractivity contribution in [2.24, 2.45) is 0 Å². The van der Waals surface area contributed by atoms with E-state index < -0.39 is 17.4 Å². The first-order chi connectivity index (χ1) is 7.75. The van der Waals surface area contributed by atoms with Gasteiger partial charge >= 0.3 is 5.97 Å². The van der Waals surface area contributed by atoms with Crippen LogP contribution in [0.2, 0.25) is 5.02 Å². The quantitative estimate of drug-likeness (QED) is 0.900. The van der Waals surface area contributed by atoms with E-state index in [0.29, 0.717) is 4.47 Å². The second kappa shape index (κ2) is 5.06. The molecule has 0 aliphatic carbocycles. The van der Waals surface area contributed by atoms with E-state index in [-0.39, 0.29) is 10.6 Å². The molecule has 1 aromatic rings. The van der Waals surface area contributed by atoms with E-state index in [2.05, 4.69) is 21.2 Å². The normalized spacial score (nSPS) is 11.1. The molecule has 0 bridgehead atoms. The number of nitrogens with one attached hydrogen (secondary N) is 1. The van der Waals surface area contributed by atoms with Gasteiger partial charge in [0.15, 0.2) is 0 Å². The summed E-state index contributed by atoms with van der Waals surface area (Å²) in [6, 6.07) is 4.88. The minimum Gasteiger partial charge on any atom is -0.480 e. The van der Waals surface area contributed by atoms with E-state index in [1.54, 1.807) is 12.1 Å². The number of hydrogen-bond acceptors (Lipinski definition) is 2. The predicted octanol–water partition coefficient (Wildman–Crippen LogP) is 2.70. The zero-order valence-corrected chi connectivity index (χ0v) is 11.6. The van der Waals surface area contributed by atoms with Crippen molar-refractivity contribution in [2.75, 3.05) is 0 Å². The second-order valence-corrected chi connectivity index (χ2v) is 5.22. The molecule has 92 valence electrons. The van der Waals surface area contributed by atoms with E-state index in [9.17, 15) is 9.59 Å². The number of carbonyl (C=O) groups is 2. The summed E-state index contributed by atoms with van der Waals surface area (Å²) in [5, 5.41) is 11.6. The Morgan fingerprint density at radius 2 is 2.00 bits per heavy atom. The first-order valence-corrected chi connectivity index (χ1v) is 5.92. The third kappa shape index (κ3) is 3.20. The summed E-state index contributed by atoms with van der Waals surface area (Å²) < 4.78 is 0.583. The van der Waals surface area contributed by atoms with Crippen LogP contribution in [0.4, 0.5) is 0 Å². The summed E-state index contributed by atoms with van der Waals surface area (Å²) in [4.78, 5) is 22.7. The molecule has 2 N–H and O–H groups in total. The molecule has 1 aromatic carbocycles. The Bertz CT molecular complexity index is 474. The number of halogens is 2. The SMILES string of the molecule is CC(C)(NC(=O)c1cccc(Br)c1Cl)C(=O)O. The van der Waals surface area contributed by atoms with Gasteiger partial charge in [0.25, 0.3) is 5.91 Å². The number of carbonyl (C=O) groups excluding carboxylic acids is 1. The smallest absolute Gasteiger partial charge is 0.328 e. The van der Waals surface area contributed by atoms with Gasteiger partial charge in [0.1, 0.15) is 5.54 Å². The lowest BCUT2D eigenvalue weighted by molar-refractivity contribution is -0.143. The van der Waals surface area contributed by atoms with Crippen molar-refractivity contribution in [3.63, 3.8) is 0 Å². The minimum absolute atomic E-state index is 0.232. The number of carboxylic acid groups (broad SMARTS) is 1. The Balaban J connectivity index is 2.99. The lowest BCUT2D eigenvalue weighted by atomic mass is 10.1. The third-order valence-corrected chi connectivity index (χ3v) is 3.45. The van der Waals surface area contributed by atoms with Crippen LogP contribution >= 0.6 is 27.5 Å². The molecule has 0 radical (unpaired) electrons. The van der Waals surface area contributed by atoms with Gasteiger partial charge in [-0.15, -0.1) is 0 Å². The molecule has 4 nitrogen and oxygen atoms in total. The maximum Gasteiger partial charge on any atom is 0.328 e. The Hall–Kier alpha value is -1.07. The zero-order chi connectivity index (χ0) is 13.2. The van der Waals surface area contributed by atoms with Crippen LogP contribution in [0.5, 0.6) is 0 Å². The largest absolute Gasteiger partial charge is 0.480 e. The molecule has 0 spiro atoms. The van der Waals surface area contributed by atoms with Crippen LogP contribution in [0.25, 0.3) is 0 Å². The highest BCUT2D eigenvalue weighted by atomic mass is 79.9. The van der Waals surface area contributed by atoms with Gasteiger partial charge in [-0.1, -0.05) is 17.7 Å². The fourth-order valence-corrected chi connectivity index (χ4v) is 1.66. The lowest BCUT2D eigenvalue weighted by Gasteiger charge is -2.21. The van der Waals surface area contributed by atoms with E-state index >= 15 is 0 Å². The van der Waals surface area contributed by atoms with Crippen LogP contribution < -0.4 is 5.32 Å². The molecule has 0 unspecified atom stereocenters. The molecule has 1 rings (SSSR count). The zero-order valence-electron chi connectivity index (χ0n) is 9.25. The number of hydrogen-bond donors (Lipinski definition) is 2. The number of benzene rings is 1. The van der Waals surface area contributed by atoms with Gasteiger partial charge in [0.05, 0.1) is 10.6 Å². The molecule has 0 aliphatic rings. The Morgan fingerprint density at radius 3 is 2.53 bits per heavy atom. The molecule has 17 heavy (non-hydrogen) atoms. The minimum atomic E-state index is -1.34. The summed E-state index contributed by atoms with van der Waals surface area (Å²) in [6.45, 7) is 2.80. The topological polar surface area (TPSA) is 66.4 Å². The van der Waals surface area contributed by atoms with Crippen LogP contribution in [0.3, 0.4) is 0 Å². The highest BCUT2D eigenvalue weighted by molar-refractivity contribution is 9.10. The molecule has 6 heteroatoms. The van der Waals surface area contributed by atoms with Crippen LogP contribution in [0, 0.1) is 0 Å². The van der Waals surface area contributed by atoms with Crippen LogP contribution in [-0.4, -0.2) is 22.5 Å². The van der Waals surface area contributed by atoms with Crippen LogP contribution in [-0.2, 0) is 4.79 Å². The summed E-state index contributed by atoms with van der Waals surface area (Å²) in [5.41, 5.74) is -1.11. The first-order valence-electron chi connectivity index (χ1n) is 4.75. The third-order valence-electron chi connectivity index (χ3n) is 2.16. The number of amides is 1. The average molecular weight is 321 g/mol. The van der Waals surface area contributed by atoms with Crippen LogP contribution in [0.15, 0.2) is 22.7 Å². The lowest BCUT2D eigenvalue weighted by Crippen LogP contribution is -2.49. The Kier molecular flexibility index (Phi) is 4.16. The maximum atomic E-state index is 11.9. The van der Waals surface area contributed by atoms with Gasteiger partial charge in [-0.25, -0.2) is 4.79 Å². The fourth-order valence-electron chi connectivity index (χ4n) is 1.08. The first kappa shape index (κ1) is 14.0. The Morgan fingerprint density at radius 1 is 1.41 bits per heavy atom. The van der Waals surface area contributed by atoms with Crippen molar-refractivity contribution in [1.29, 1.82) is 0 Å². The standard InChI is InChI=1S/C11H11BrClNO3/c1-11(2,10(16)17)14-9(15)6-4-3-5-7(12)8(6)13/h3-5H,1-2H3,(H,14,15)(H,16,17). The molecule has 0 aliphatic heterocycles. The van der Waals surface area contributed by atoms with Gasteiger partial charge < -0.3 is 10.4 Å². The second-order valence-electron chi connectivity index (χ2n) is 3.99. The molecule has 0 aromatic heterocycles. The average Bonchev–Trinajstić information content (AvgIpc) is 2.21.